The van der Waals surface area contributed by atoms with Gasteiger partial charge in [-0.2, -0.15) is 0 Å². The highest BCUT2D eigenvalue weighted by Gasteiger charge is 2.13. The number of aromatic nitrogens is 2. The number of hydrogen-bond donors (Lipinski definition) is 2. The van der Waals surface area contributed by atoms with E-state index in [0.29, 0.717) is 0 Å². The molecule has 1 unspecified atom stereocenters. The zero-order chi connectivity index (χ0) is 19.5. The molecule has 1 atom stereocenters. The zero-order valence-corrected chi connectivity index (χ0v) is 19.2. The van der Waals surface area contributed by atoms with Gasteiger partial charge >= 0.3 is 0 Å². The highest BCUT2D eigenvalue weighted by Crippen LogP contribution is 2.23. The monoisotopic (exact) mass is 503 g/mol. The molecule has 0 aliphatic carbocycles. The predicted molar refractivity (Wildman–Crippen MR) is 128 cm³/mol. The number of guanidine groups is 1. The summed E-state index contributed by atoms with van der Waals surface area (Å²) >= 11 is 0. The van der Waals surface area contributed by atoms with Gasteiger partial charge in [-0.25, -0.2) is 4.98 Å². The third-order valence-corrected chi connectivity index (χ3v) is 4.85. The molecule has 0 aliphatic rings. The summed E-state index contributed by atoms with van der Waals surface area (Å²) in [6.45, 7) is 4.89. The van der Waals surface area contributed by atoms with Crippen molar-refractivity contribution < 1.29 is 4.42 Å². The van der Waals surface area contributed by atoms with Crippen molar-refractivity contribution in [1.29, 1.82) is 0 Å². The summed E-state index contributed by atoms with van der Waals surface area (Å²) in [6.07, 6.45) is 4.93. The highest BCUT2D eigenvalue weighted by atomic mass is 127. The van der Waals surface area contributed by atoms with Gasteiger partial charge in [-0.3, -0.25) is 4.99 Å². The summed E-state index contributed by atoms with van der Waals surface area (Å²) in [5.74, 6) is 1.63. The summed E-state index contributed by atoms with van der Waals surface area (Å²) in [5.41, 5.74) is 4.15. The number of para-hydroxylation sites is 1. The molecular formula is C22H26IN5O. The third kappa shape index (κ3) is 4.72. The summed E-state index contributed by atoms with van der Waals surface area (Å²) in [7, 11) is 1.77. The highest BCUT2D eigenvalue weighted by molar-refractivity contribution is 14.0. The molecule has 1 aromatic carbocycles. The second kappa shape index (κ2) is 9.30. The van der Waals surface area contributed by atoms with Gasteiger partial charge in [0.15, 0.2) is 5.96 Å². The lowest BCUT2D eigenvalue weighted by atomic mass is 10.2. The van der Waals surface area contributed by atoms with Crippen LogP contribution in [0.5, 0.6) is 0 Å². The smallest absolute Gasteiger partial charge is 0.191 e. The molecule has 0 fully saturated rings. The number of benzene rings is 1. The standard InChI is InChI=1S/C22H25N5O.HI/c1-15-7-6-12-27-14-18(26-21(15)27)10-11-24-22(23-3)25-16(2)20-13-17-8-4-5-9-19(17)28-20;/h4-9,12-14,16H,10-11H2,1-3H3,(H2,23,24,25);1H. The van der Waals surface area contributed by atoms with Gasteiger partial charge in [-0.15, -0.1) is 24.0 Å². The quantitative estimate of drug-likeness (QED) is 0.240. The van der Waals surface area contributed by atoms with Crippen LogP contribution in [0.4, 0.5) is 0 Å². The molecule has 3 heterocycles. The minimum atomic E-state index is 0. The zero-order valence-electron chi connectivity index (χ0n) is 16.8. The van der Waals surface area contributed by atoms with E-state index in [9.17, 15) is 0 Å². The first-order valence-corrected chi connectivity index (χ1v) is 9.53. The van der Waals surface area contributed by atoms with Crippen molar-refractivity contribution in [2.24, 2.45) is 4.99 Å². The Kier molecular flexibility index (Phi) is 6.79. The van der Waals surface area contributed by atoms with Crippen LogP contribution in [-0.2, 0) is 6.42 Å². The van der Waals surface area contributed by atoms with Crippen molar-refractivity contribution in [3.8, 4) is 0 Å². The van der Waals surface area contributed by atoms with E-state index in [1.54, 1.807) is 7.05 Å². The Morgan fingerprint density at radius 1 is 1.24 bits per heavy atom. The van der Waals surface area contributed by atoms with E-state index in [2.05, 4.69) is 58.3 Å². The van der Waals surface area contributed by atoms with Crippen molar-refractivity contribution >= 4 is 46.6 Å². The number of halogens is 1. The average Bonchev–Trinajstić information content (AvgIpc) is 3.31. The molecule has 0 amide bonds. The largest absolute Gasteiger partial charge is 0.459 e. The number of hydrogen-bond acceptors (Lipinski definition) is 3. The van der Waals surface area contributed by atoms with Crippen LogP contribution < -0.4 is 10.6 Å². The first-order valence-electron chi connectivity index (χ1n) is 9.53. The number of pyridine rings is 1. The van der Waals surface area contributed by atoms with Crippen LogP contribution in [0.3, 0.4) is 0 Å². The van der Waals surface area contributed by atoms with Crippen LogP contribution in [0.2, 0.25) is 0 Å². The van der Waals surface area contributed by atoms with Crippen LogP contribution in [-0.4, -0.2) is 28.9 Å². The number of aryl methyl sites for hydroxylation is 1. The number of nitrogens with zero attached hydrogens (tertiary/aromatic N) is 3. The van der Waals surface area contributed by atoms with Gasteiger partial charge in [0, 0.05) is 37.8 Å². The van der Waals surface area contributed by atoms with Gasteiger partial charge in [-0.1, -0.05) is 24.3 Å². The van der Waals surface area contributed by atoms with E-state index in [1.807, 2.05) is 30.5 Å². The van der Waals surface area contributed by atoms with E-state index in [0.717, 1.165) is 47.0 Å². The Bertz CT molecular complexity index is 1100. The topological polar surface area (TPSA) is 66.9 Å². The van der Waals surface area contributed by atoms with E-state index >= 15 is 0 Å². The molecule has 29 heavy (non-hydrogen) atoms. The molecule has 2 N–H and O–H groups in total. The number of aliphatic imine (C=N–C) groups is 1. The molecule has 0 saturated carbocycles. The van der Waals surface area contributed by atoms with Crippen LogP contribution in [0, 0.1) is 6.92 Å². The third-order valence-electron chi connectivity index (χ3n) is 4.85. The Labute approximate surface area is 187 Å². The van der Waals surface area contributed by atoms with E-state index in [1.165, 1.54) is 5.56 Å². The molecule has 0 radical (unpaired) electrons. The van der Waals surface area contributed by atoms with Crippen molar-refractivity contribution in [3.05, 3.63) is 71.9 Å². The lowest BCUT2D eigenvalue weighted by molar-refractivity contribution is 0.488. The lowest BCUT2D eigenvalue weighted by Crippen LogP contribution is -2.39. The number of fused-ring (bicyclic) bond motifs is 2. The molecule has 152 valence electrons. The Balaban J connectivity index is 0.00000240. The maximum Gasteiger partial charge on any atom is 0.191 e. The molecule has 0 spiro atoms. The van der Waals surface area contributed by atoms with Gasteiger partial charge in [0.25, 0.3) is 0 Å². The van der Waals surface area contributed by atoms with Crippen molar-refractivity contribution in [1.82, 2.24) is 20.0 Å². The number of nitrogens with one attached hydrogen (secondary N) is 2. The van der Waals surface area contributed by atoms with Gasteiger partial charge in [0.1, 0.15) is 17.0 Å². The number of furan rings is 1. The summed E-state index contributed by atoms with van der Waals surface area (Å²) in [5, 5.41) is 7.85. The molecule has 6 nitrogen and oxygen atoms in total. The summed E-state index contributed by atoms with van der Waals surface area (Å²) < 4.78 is 8.01. The van der Waals surface area contributed by atoms with E-state index in [4.69, 9.17) is 9.40 Å². The molecular weight excluding hydrogens is 477 g/mol. The van der Waals surface area contributed by atoms with Crippen molar-refractivity contribution in [3.63, 3.8) is 0 Å². The Morgan fingerprint density at radius 2 is 2.07 bits per heavy atom. The summed E-state index contributed by atoms with van der Waals surface area (Å²) in [6, 6.07) is 14.2. The van der Waals surface area contributed by atoms with Gasteiger partial charge < -0.3 is 19.5 Å². The van der Waals surface area contributed by atoms with Crippen molar-refractivity contribution in [2.45, 2.75) is 26.3 Å². The first-order chi connectivity index (χ1) is 13.6. The predicted octanol–water partition coefficient (Wildman–Crippen LogP) is 4.48. The second-order valence-electron chi connectivity index (χ2n) is 6.96. The first kappa shape index (κ1) is 21.2. The van der Waals surface area contributed by atoms with Gasteiger partial charge in [-0.05, 0) is 37.6 Å². The Hall–Kier alpha value is -2.55. The maximum absolute atomic E-state index is 5.94. The summed E-state index contributed by atoms with van der Waals surface area (Å²) in [4.78, 5) is 9.04. The number of rotatable bonds is 5. The van der Waals surface area contributed by atoms with Crippen LogP contribution in [0.15, 0.2) is 64.3 Å². The maximum atomic E-state index is 5.94. The van der Waals surface area contributed by atoms with Crippen LogP contribution in [0.1, 0.15) is 30.0 Å². The Morgan fingerprint density at radius 3 is 2.83 bits per heavy atom. The number of imidazole rings is 1. The molecule has 7 heteroatoms. The molecule has 0 saturated heterocycles. The minimum Gasteiger partial charge on any atom is -0.459 e. The fraction of sp³-hybridized carbons (Fsp3) is 0.273. The molecule has 3 aromatic heterocycles. The normalized spacial score (nSPS) is 12.7. The second-order valence-corrected chi connectivity index (χ2v) is 6.96. The van der Waals surface area contributed by atoms with Crippen LogP contribution >= 0.6 is 24.0 Å². The van der Waals surface area contributed by atoms with E-state index < -0.39 is 0 Å². The van der Waals surface area contributed by atoms with Crippen LogP contribution in [0.25, 0.3) is 16.6 Å². The van der Waals surface area contributed by atoms with Crippen molar-refractivity contribution in [2.75, 3.05) is 13.6 Å². The molecule has 4 rings (SSSR count). The SMILES string of the molecule is CN=C(NCCc1cn2cccc(C)c2n1)NC(C)c1cc2ccccc2o1.I. The fourth-order valence-corrected chi connectivity index (χ4v) is 3.32. The average molecular weight is 503 g/mol. The fourth-order valence-electron chi connectivity index (χ4n) is 3.32. The minimum absolute atomic E-state index is 0. The molecule has 0 bridgehead atoms. The molecule has 0 aliphatic heterocycles. The lowest BCUT2D eigenvalue weighted by Gasteiger charge is -2.16. The van der Waals surface area contributed by atoms with Gasteiger partial charge in [0.05, 0.1) is 11.7 Å². The molecule has 4 aromatic rings. The van der Waals surface area contributed by atoms with E-state index in [-0.39, 0.29) is 30.0 Å². The van der Waals surface area contributed by atoms with Gasteiger partial charge in [0.2, 0.25) is 0 Å².